The van der Waals surface area contributed by atoms with Gasteiger partial charge in [0.15, 0.2) is 0 Å². The van der Waals surface area contributed by atoms with E-state index in [1.165, 1.54) is 6.33 Å². The van der Waals surface area contributed by atoms with Crippen molar-refractivity contribution in [3.63, 3.8) is 0 Å². The number of hydrogen-bond acceptors (Lipinski definition) is 2. The zero-order chi connectivity index (χ0) is 9.42. The van der Waals surface area contributed by atoms with Crippen LogP contribution in [0.1, 0.15) is 0 Å². The van der Waals surface area contributed by atoms with Crippen molar-refractivity contribution in [2.75, 3.05) is 0 Å². The van der Waals surface area contributed by atoms with E-state index < -0.39 is 0 Å². The molecule has 0 bridgehead atoms. The molecule has 0 saturated carbocycles. The Morgan fingerprint density at radius 1 is 1.15 bits per heavy atom. The summed E-state index contributed by atoms with van der Waals surface area (Å²) < 4.78 is 0.948. The summed E-state index contributed by atoms with van der Waals surface area (Å²) in [6.07, 6.45) is 1.42. The Balaban J connectivity index is 2.89. The standard InChI is InChI=1S/C8H3Cl2IN2/c9-5-2-7-4(1-6(5)11)8(10)13-3-12-7/h1-3H. The lowest BCUT2D eigenvalue weighted by atomic mass is 10.2. The van der Waals surface area contributed by atoms with Crippen molar-refractivity contribution in [3.05, 3.63) is 32.2 Å². The fraction of sp³-hybridized carbons (Fsp3) is 0. The smallest absolute Gasteiger partial charge is 0.140 e. The molecule has 2 aromatic rings. The minimum atomic E-state index is 0.458. The Kier molecular flexibility index (Phi) is 2.58. The van der Waals surface area contributed by atoms with Crippen LogP contribution in [0, 0.1) is 3.57 Å². The van der Waals surface area contributed by atoms with Gasteiger partial charge in [-0.1, -0.05) is 23.2 Å². The molecule has 1 aromatic carbocycles. The third-order valence-corrected chi connectivity index (χ3v) is 3.45. The van der Waals surface area contributed by atoms with E-state index in [4.69, 9.17) is 23.2 Å². The second kappa shape index (κ2) is 3.55. The summed E-state index contributed by atoms with van der Waals surface area (Å²) in [5, 5.41) is 1.97. The van der Waals surface area contributed by atoms with Crippen LogP contribution in [-0.4, -0.2) is 9.97 Å². The van der Waals surface area contributed by atoms with Crippen LogP contribution >= 0.6 is 45.8 Å². The molecular weight excluding hydrogens is 322 g/mol. The molecule has 2 rings (SSSR count). The van der Waals surface area contributed by atoms with Crippen molar-refractivity contribution < 1.29 is 0 Å². The fourth-order valence-electron chi connectivity index (χ4n) is 1.02. The Morgan fingerprint density at radius 3 is 2.69 bits per heavy atom. The van der Waals surface area contributed by atoms with E-state index in [1.54, 1.807) is 6.07 Å². The molecule has 0 aliphatic carbocycles. The Hall–Kier alpha value is -0.130. The van der Waals surface area contributed by atoms with E-state index in [1.807, 2.05) is 6.07 Å². The minimum Gasteiger partial charge on any atom is -0.236 e. The second-order valence-electron chi connectivity index (χ2n) is 2.45. The predicted molar refractivity (Wildman–Crippen MR) is 62.3 cm³/mol. The molecule has 0 unspecified atom stereocenters. The molecule has 0 atom stereocenters. The fourth-order valence-corrected chi connectivity index (χ4v) is 1.84. The van der Waals surface area contributed by atoms with Crippen LogP contribution in [0.25, 0.3) is 10.9 Å². The first-order chi connectivity index (χ1) is 6.18. The lowest BCUT2D eigenvalue weighted by Crippen LogP contribution is -1.85. The van der Waals surface area contributed by atoms with Gasteiger partial charge in [0.1, 0.15) is 11.5 Å². The molecule has 0 spiro atoms. The van der Waals surface area contributed by atoms with Crippen LogP contribution in [0.15, 0.2) is 18.5 Å². The highest BCUT2D eigenvalue weighted by Gasteiger charge is 2.04. The first-order valence-corrected chi connectivity index (χ1v) is 5.27. The Labute approximate surface area is 98.4 Å². The van der Waals surface area contributed by atoms with E-state index in [-0.39, 0.29) is 0 Å². The maximum atomic E-state index is 5.93. The van der Waals surface area contributed by atoms with Gasteiger partial charge in [0, 0.05) is 8.96 Å². The molecule has 1 aromatic heterocycles. The van der Waals surface area contributed by atoms with E-state index >= 15 is 0 Å². The molecule has 1 heterocycles. The number of rotatable bonds is 0. The summed E-state index contributed by atoms with van der Waals surface area (Å²) in [4.78, 5) is 7.95. The molecular formula is C8H3Cl2IN2. The zero-order valence-corrected chi connectivity index (χ0v) is 9.93. The van der Waals surface area contributed by atoms with Crippen molar-refractivity contribution in [3.8, 4) is 0 Å². The SMILES string of the molecule is Clc1cc2ncnc(Cl)c2cc1I. The zero-order valence-electron chi connectivity index (χ0n) is 6.26. The van der Waals surface area contributed by atoms with Gasteiger partial charge < -0.3 is 0 Å². The molecule has 13 heavy (non-hydrogen) atoms. The van der Waals surface area contributed by atoms with Gasteiger partial charge in [0.05, 0.1) is 10.5 Å². The van der Waals surface area contributed by atoms with E-state index in [0.717, 1.165) is 14.5 Å². The first-order valence-electron chi connectivity index (χ1n) is 3.44. The van der Waals surface area contributed by atoms with Gasteiger partial charge in [-0.25, -0.2) is 9.97 Å². The summed E-state index contributed by atoms with van der Waals surface area (Å²) in [6.45, 7) is 0. The maximum Gasteiger partial charge on any atom is 0.140 e. The first kappa shape index (κ1) is 9.43. The predicted octanol–water partition coefficient (Wildman–Crippen LogP) is 3.54. The minimum absolute atomic E-state index is 0.458. The lowest BCUT2D eigenvalue weighted by Gasteiger charge is -2.00. The van der Waals surface area contributed by atoms with Crippen LogP contribution in [-0.2, 0) is 0 Å². The van der Waals surface area contributed by atoms with E-state index in [0.29, 0.717) is 10.2 Å². The maximum absolute atomic E-state index is 5.93. The van der Waals surface area contributed by atoms with Crippen molar-refractivity contribution >= 4 is 56.7 Å². The van der Waals surface area contributed by atoms with Crippen LogP contribution < -0.4 is 0 Å². The highest BCUT2D eigenvalue weighted by atomic mass is 127. The van der Waals surface area contributed by atoms with Crippen molar-refractivity contribution in [1.82, 2.24) is 9.97 Å². The average molecular weight is 325 g/mol. The monoisotopic (exact) mass is 324 g/mol. The van der Waals surface area contributed by atoms with Crippen LogP contribution in [0.4, 0.5) is 0 Å². The van der Waals surface area contributed by atoms with Crippen molar-refractivity contribution in [2.24, 2.45) is 0 Å². The van der Waals surface area contributed by atoms with Crippen LogP contribution in [0.3, 0.4) is 0 Å². The second-order valence-corrected chi connectivity index (χ2v) is 4.38. The van der Waals surface area contributed by atoms with Gasteiger partial charge in [-0.15, -0.1) is 0 Å². The molecule has 5 heteroatoms. The largest absolute Gasteiger partial charge is 0.236 e. The van der Waals surface area contributed by atoms with E-state index in [9.17, 15) is 0 Å². The van der Waals surface area contributed by atoms with Gasteiger partial charge in [0.25, 0.3) is 0 Å². The van der Waals surface area contributed by atoms with Gasteiger partial charge in [-0.3, -0.25) is 0 Å². The third-order valence-electron chi connectivity index (χ3n) is 1.63. The van der Waals surface area contributed by atoms with Crippen LogP contribution in [0.5, 0.6) is 0 Å². The van der Waals surface area contributed by atoms with E-state index in [2.05, 4.69) is 32.6 Å². The van der Waals surface area contributed by atoms with Gasteiger partial charge in [-0.05, 0) is 34.7 Å². The summed E-state index contributed by atoms with van der Waals surface area (Å²) in [5.74, 6) is 0. The van der Waals surface area contributed by atoms with Crippen molar-refractivity contribution in [2.45, 2.75) is 0 Å². The molecule has 0 amide bonds. The summed E-state index contributed by atoms with van der Waals surface area (Å²) in [5.41, 5.74) is 0.769. The highest BCUT2D eigenvalue weighted by Crippen LogP contribution is 2.26. The highest BCUT2D eigenvalue weighted by molar-refractivity contribution is 14.1. The normalized spacial score (nSPS) is 10.7. The number of halogens is 3. The molecule has 0 radical (unpaired) electrons. The molecule has 2 nitrogen and oxygen atoms in total. The Bertz CT molecular complexity index is 473. The lowest BCUT2D eigenvalue weighted by molar-refractivity contribution is 1.22. The molecule has 0 saturated heterocycles. The van der Waals surface area contributed by atoms with Gasteiger partial charge in [0.2, 0.25) is 0 Å². The van der Waals surface area contributed by atoms with Crippen molar-refractivity contribution in [1.29, 1.82) is 0 Å². The molecule has 66 valence electrons. The van der Waals surface area contributed by atoms with Gasteiger partial charge >= 0.3 is 0 Å². The molecule has 0 fully saturated rings. The quantitative estimate of drug-likeness (QED) is 0.547. The topological polar surface area (TPSA) is 25.8 Å². The number of hydrogen-bond donors (Lipinski definition) is 0. The van der Waals surface area contributed by atoms with Crippen LogP contribution in [0.2, 0.25) is 10.2 Å². The number of aromatic nitrogens is 2. The molecule has 0 N–H and O–H groups in total. The number of nitrogens with zero attached hydrogens (tertiary/aromatic N) is 2. The third kappa shape index (κ3) is 1.73. The molecule has 0 aliphatic rings. The number of benzene rings is 1. The number of fused-ring (bicyclic) bond motifs is 1. The Morgan fingerprint density at radius 2 is 1.92 bits per heavy atom. The van der Waals surface area contributed by atoms with Gasteiger partial charge in [-0.2, -0.15) is 0 Å². The average Bonchev–Trinajstić information content (AvgIpc) is 2.09. The molecule has 0 aliphatic heterocycles. The summed E-state index contributed by atoms with van der Waals surface area (Å²) >= 11 is 14.0. The summed E-state index contributed by atoms with van der Waals surface area (Å²) in [6, 6.07) is 3.66. The summed E-state index contributed by atoms with van der Waals surface area (Å²) in [7, 11) is 0.